The standard InChI is InChI=1S/C29H20Cl2FNO2S/c30-24-3-1-2-22-21(24)11-8-18-6-4-17(14-23(18)29(22)36-13-12-28(34)35)5-9-20-10-7-19-15-26(32)25(31)16-27(19)33-20/h1-11,14-16,29H,12-13H2,(H,34,35)/b9-5+. The number of hydrogen-bond donors (Lipinski definition) is 1. The lowest BCUT2D eigenvalue weighted by Gasteiger charge is -2.21. The van der Waals surface area contributed by atoms with E-state index in [0.29, 0.717) is 21.7 Å². The van der Waals surface area contributed by atoms with Crippen LogP contribution in [-0.4, -0.2) is 21.8 Å². The summed E-state index contributed by atoms with van der Waals surface area (Å²) in [7, 11) is 0. The molecule has 1 heterocycles. The van der Waals surface area contributed by atoms with E-state index in [1.54, 1.807) is 11.8 Å². The lowest BCUT2D eigenvalue weighted by atomic mass is 9.97. The van der Waals surface area contributed by atoms with E-state index < -0.39 is 11.8 Å². The molecule has 3 nitrogen and oxygen atoms in total. The number of hydrogen-bond acceptors (Lipinski definition) is 3. The minimum atomic E-state index is -0.815. The van der Waals surface area contributed by atoms with Crippen LogP contribution in [0.1, 0.15) is 45.2 Å². The van der Waals surface area contributed by atoms with Crippen LogP contribution in [0.3, 0.4) is 0 Å². The van der Waals surface area contributed by atoms with Gasteiger partial charge in [-0.2, -0.15) is 0 Å². The van der Waals surface area contributed by atoms with Gasteiger partial charge in [-0.3, -0.25) is 4.79 Å². The molecule has 0 bridgehead atoms. The first-order valence-corrected chi connectivity index (χ1v) is 13.1. The topological polar surface area (TPSA) is 50.2 Å². The highest BCUT2D eigenvalue weighted by Gasteiger charge is 2.23. The zero-order valence-corrected chi connectivity index (χ0v) is 21.2. The summed E-state index contributed by atoms with van der Waals surface area (Å²) in [6.45, 7) is 0. The Hall–Kier alpha value is -3.12. The zero-order chi connectivity index (χ0) is 25.2. The second-order valence-corrected chi connectivity index (χ2v) is 10.4. The Balaban J connectivity index is 1.50. The van der Waals surface area contributed by atoms with Crippen molar-refractivity contribution in [3.8, 4) is 0 Å². The van der Waals surface area contributed by atoms with Gasteiger partial charge in [0.15, 0.2) is 0 Å². The summed E-state index contributed by atoms with van der Waals surface area (Å²) in [6, 6.07) is 18.6. The maximum absolute atomic E-state index is 13.7. The van der Waals surface area contributed by atoms with E-state index in [2.05, 4.69) is 29.3 Å². The third kappa shape index (κ3) is 5.19. The van der Waals surface area contributed by atoms with E-state index in [0.717, 1.165) is 33.5 Å². The van der Waals surface area contributed by atoms with Gasteiger partial charge in [-0.1, -0.05) is 71.8 Å². The monoisotopic (exact) mass is 535 g/mol. The van der Waals surface area contributed by atoms with Crippen molar-refractivity contribution in [1.82, 2.24) is 4.98 Å². The van der Waals surface area contributed by atoms with Gasteiger partial charge >= 0.3 is 5.97 Å². The smallest absolute Gasteiger partial charge is 0.304 e. The predicted molar refractivity (Wildman–Crippen MR) is 149 cm³/mol. The average molecular weight is 536 g/mol. The summed E-state index contributed by atoms with van der Waals surface area (Å²) in [5.41, 5.74) is 6.51. The maximum Gasteiger partial charge on any atom is 0.304 e. The summed E-state index contributed by atoms with van der Waals surface area (Å²) in [5, 5.41) is 10.5. The van der Waals surface area contributed by atoms with Crippen molar-refractivity contribution in [1.29, 1.82) is 0 Å². The normalized spacial score (nSPS) is 14.6. The molecule has 7 heteroatoms. The number of carbonyl (C=O) groups is 1. The minimum Gasteiger partial charge on any atom is -0.481 e. The Morgan fingerprint density at radius 2 is 1.86 bits per heavy atom. The molecule has 5 rings (SSSR count). The summed E-state index contributed by atoms with van der Waals surface area (Å²) >= 11 is 14.0. The van der Waals surface area contributed by atoms with Crippen molar-refractivity contribution in [3.05, 3.63) is 110 Å². The summed E-state index contributed by atoms with van der Waals surface area (Å²) < 4.78 is 13.7. The number of halogens is 3. The van der Waals surface area contributed by atoms with Crippen molar-refractivity contribution in [2.45, 2.75) is 11.7 Å². The van der Waals surface area contributed by atoms with Gasteiger partial charge in [0.2, 0.25) is 0 Å². The van der Waals surface area contributed by atoms with Gasteiger partial charge in [-0.25, -0.2) is 9.37 Å². The first kappa shape index (κ1) is 24.6. The molecule has 0 saturated carbocycles. The van der Waals surface area contributed by atoms with Crippen LogP contribution in [0.25, 0.3) is 35.2 Å². The Kier molecular flexibility index (Phi) is 7.15. The highest BCUT2D eigenvalue weighted by atomic mass is 35.5. The molecule has 1 unspecified atom stereocenters. The number of rotatable bonds is 6. The largest absolute Gasteiger partial charge is 0.481 e. The quantitative estimate of drug-likeness (QED) is 0.268. The summed E-state index contributed by atoms with van der Waals surface area (Å²) in [6.07, 6.45) is 8.05. The molecule has 1 aliphatic rings. The number of nitrogens with zero attached hydrogens (tertiary/aromatic N) is 1. The molecule has 0 fully saturated rings. The molecule has 0 radical (unpaired) electrons. The molecule has 3 aromatic carbocycles. The fourth-order valence-electron chi connectivity index (χ4n) is 4.23. The first-order valence-electron chi connectivity index (χ1n) is 11.3. The van der Waals surface area contributed by atoms with E-state index in [4.69, 9.17) is 28.3 Å². The summed E-state index contributed by atoms with van der Waals surface area (Å²) in [4.78, 5) is 15.7. The highest BCUT2D eigenvalue weighted by molar-refractivity contribution is 7.99. The van der Waals surface area contributed by atoms with Gasteiger partial charge in [-0.05, 0) is 64.2 Å². The lowest BCUT2D eigenvalue weighted by Crippen LogP contribution is -2.04. The van der Waals surface area contributed by atoms with Crippen molar-refractivity contribution in [2.75, 3.05) is 5.75 Å². The van der Waals surface area contributed by atoms with Gasteiger partial charge < -0.3 is 5.11 Å². The molecule has 0 amide bonds. The Morgan fingerprint density at radius 1 is 1.00 bits per heavy atom. The minimum absolute atomic E-state index is 0.0433. The fraction of sp³-hybridized carbons (Fsp3) is 0.103. The van der Waals surface area contributed by atoms with Gasteiger partial charge in [0.05, 0.1) is 27.9 Å². The lowest BCUT2D eigenvalue weighted by molar-refractivity contribution is -0.136. The molecular formula is C29H20Cl2FNO2S. The molecule has 36 heavy (non-hydrogen) atoms. The molecule has 0 spiro atoms. The van der Waals surface area contributed by atoms with Gasteiger partial charge in [0, 0.05) is 16.2 Å². The second-order valence-electron chi connectivity index (χ2n) is 8.39. The Bertz CT molecular complexity index is 1550. The molecule has 1 atom stereocenters. The molecule has 1 N–H and O–H groups in total. The zero-order valence-electron chi connectivity index (χ0n) is 18.9. The third-order valence-corrected chi connectivity index (χ3v) is 7.89. The van der Waals surface area contributed by atoms with Crippen LogP contribution in [-0.2, 0) is 4.79 Å². The van der Waals surface area contributed by atoms with E-state index in [9.17, 15) is 9.18 Å². The van der Waals surface area contributed by atoms with Gasteiger partial charge in [0.1, 0.15) is 5.82 Å². The molecular weight excluding hydrogens is 516 g/mol. The van der Waals surface area contributed by atoms with Crippen LogP contribution < -0.4 is 0 Å². The van der Waals surface area contributed by atoms with Crippen LogP contribution in [0.15, 0.2) is 60.7 Å². The number of carboxylic acid groups (broad SMARTS) is 1. The molecule has 0 aliphatic heterocycles. The van der Waals surface area contributed by atoms with E-state index >= 15 is 0 Å². The second kappa shape index (κ2) is 10.5. The number of pyridine rings is 1. The Morgan fingerprint density at radius 3 is 2.69 bits per heavy atom. The van der Waals surface area contributed by atoms with E-state index in [1.807, 2.05) is 48.6 Å². The van der Waals surface area contributed by atoms with Crippen molar-refractivity contribution in [2.24, 2.45) is 0 Å². The van der Waals surface area contributed by atoms with E-state index in [1.165, 1.54) is 12.1 Å². The number of thioether (sulfide) groups is 1. The summed E-state index contributed by atoms with van der Waals surface area (Å²) in [5.74, 6) is -0.799. The van der Waals surface area contributed by atoms with Crippen LogP contribution >= 0.6 is 35.0 Å². The first-order chi connectivity index (χ1) is 17.4. The molecule has 4 aromatic rings. The van der Waals surface area contributed by atoms with Crippen LogP contribution in [0, 0.1) is 5.82 Å². The van der Waals surface area contributed by atoms with Crippen molar-refractivity contribution in [3.63, 3.8) is 0 Å². The SMILES string of the molecule is O=C(O)CCSC1c2cc(/C=C/c3ccc4cc(F)c(Cl)cc4n3)ccc2C=Cc2c(Cl)cccc21. The van der Waals surface area contributed by atoms with Crippen molar-refractivity contribution >= 4 is 76.1 Å². The van der Waals surface area contributed by atoms with E-state index in [-0.39, 0.29) is 16.7 Å². The highest BCUT2D eigenvalue weighted by Crippen LogP contribution is 2.44. The van der Waals surface area contributed by atoms with Gasteiger partial charge in [0.25, 0.3) is 0 Å². The molecule has 1 aromatic heterocycles. The predicted octanol–water partition coefficient (Wildman–Crippen LogP) is 8.63. The number of fused-ring (bicyclic) bond motifs is 3. The average Bonchev–Trinajstić information content (AvgIpc) is 3.01. The molecule has 1 aliphatic carbocycles. The van der Waals surface area contributed by atoms with Crippen LogP contribution in [0.2, 0.25) is 10.0 Å². The fourth-order valence-corrected chi connectivity index (χ4v) is 5.93. The molecule has 180 valence electrons. The van der Waals surface area contributed by atoms with Gasteiger partial charge in [-0.15, -0.1) is 11.8 Å². The van der Waals surface area contributed by atoms with Crippen LogP contribution in [0.4, 0.5) is 4.39 Å². The van der Waals surface area contributed by atoms with Crippen molar-refractivity contribution < 1.29 is 14.3 Å². The number of aromatic nitrogens is 1. The number of aliphatic carboxylic acids is 1. The Labute approximate surface area is 222 Å². The third-order valence-electron chi connectivity index (χ3n) is 5.99. The maximum atomic E-state index is 13.7. The van der Waals surface area contributed by atoms with Crippen LogP contribution in [0.5, 0.6) is 0 Å². The molecule has 0 saturated heterocycles. The number of benzene rings is 3. The number of carboxylic acids is 1.